The molecular formula is C13H14N2. The first-order valence-electron chi connectivity index (χ1n) is 5.06. The third kappa shape index (κ3) is 1.84. The van der Waals surface area contributed by atoms with Gasteiger partial charge in [-0.05, 0) is 36.6 Å². The van der Waals surface area contributed by atoms with Crippen molar-refractivity contribution in [1.29, 1.82) is 0 Å². The molecule has 0 amide bonds. The Morgan fingerprint density at radius 3 is 3.00 bits per heavy atom. The Hall–Kier alpha value is -1.83. The maximum absolute atomic E-state index is 5.97. The molecule has 1 aromatic heterocycles. The first-order valence-corrected chi connectivity index (χ1v) is 5.06. The van der Waals surface area contributed by atoms with E-state index in [9.17, 15) is 0 Å². The van der Waals surface area contributed by atoms with Crippen LogP contribution in [0.3, 0.4) is 0 Å². The summed E-state index contributed by atoms with van der Waals surface area (Å²) in [5, 5.41) is 1.15. The highest BCUT2D eigenvalue weighted by molar-refractivity contribution is 5.86. The van der Waals surface area contributed by atoms with E-state index in [2.05, 4.69) is 17.6 Å². The number of aryl methyl sites for hydroxylation is 1. The molecule has 0 unspecified atom stereocenters. The van der Waals surface area contributed by atoms with Crippen molar-refractivity contribution in [3.05, 3.63) is 48.7 Å². The van der Waals surface area contributed by atoms with Gasteiger partial charge in [-0.1, -0.05) is 12.1 Å². The summed E-state index contributed by atoms with van der Waals surface area (Å²) in [6.07, 6.45) is 5.58. The Bertz CT molecular complexity index is 489. The van der Waals surface area contributed by atoms with Gasteiger partial charge >= 0.3 is 0 Å². The van der Waals surface area contributed by atoms with Gasteiger partial charge in [0.05, 0.1) is 5.52 Å². The second-order valence-corrected chi connectivity index (χ2v) is 3.53. The summed E-state index contributed by atoms with van der Waals surface area (Å²) in [5.41, 5.74) is 9.00. The highest BCUT2D eigenvalue weighted by Crippen LogP contribution is 2.23. The number of anilines is 1. The van der Waals surface area contributed by atoms with Crippen LogP contribution >= 0.6 is 0 Å². The van der Waals surface area contributed by atoms with Gasteiger partial charge in [0.1, 0.15) is 0 Å². The Morgan fingerprint density at radius 1 is 1.33 bits per heavy atom. The Balaban J connectivity index is 2.57. The quantitative estimate of drug-likeness (QED) is 0.608. The normalized spacial score (nSPS) is 10.4. The zero-order valence-corrected chi connectivity index (χ0v) is 8.61. The molecule has 1 heterocycles. The molecule has 0 saturated carbocycles. The van der Waals surface area contributed by atoms with Gasteiger partial charge in [-0.15, -0.1) is 6.58 Å². The van der Waals surface area contributed by atoms with E-state index in [0.717, 1.165) is 29.4 Å². The predicted octanol–water partition coefficient (Wildman–Crippen LogP) is 2.94. The lowest BCUT2D eigenvalue weighted by atomic mass is 10.0. The molecule has 1 aromatic carbocycles. The number of fused-ring (bicyclic) bond motifs is 1. The maximum Gasteiger partial charge on any atom is 0.0706 e. The zero-order chi connectivity index (χ0) is 10.7. The summed E-state index contributed by atoms with van der Waals surface area (Å²) in [6.45, 7) is 3.73. The summed E-state index contributed by atoms with van der Waals surface area (Å²) in [6, 6.07) is 7.89. The lowest BCUT2D eigenvalue weighted by molar-refractivity contribution is 1.02. The van der Waals surface area contributed by atoms with Crippen molar-refractivity contribution in [2.45, 2.75) is 12.8 Å². The Morgan fingerprint density at radius 2 is 2.20 bits per heavy atom. The molecule has 0 aliphatic heterocycles. The van der Waals surface area contributed by atoms with Crippen molar-refractivity contribution in [2.75, 3.05) is 5.73 Å². The van der Waals surface area contributed by atoms with Crippen LogP contribution in [0.2, 0.25) is 0 Å². The second-order valence-electron chi connectivity index (χ2n) is 3.53. The lowest BCUT2D eigenvalue weighted by Gasteiger charge is -2.08. The van der Waals surface area contributed by atoms with Crippen molar-refractivity contribution >= 4 is 16.6 Å². The van der Waals surface area contributed by atoms with E-state index in [0.29, 0.717) is 0 Å². The summed E-state index contributed by atoms with van der Waals surface area (Å²) in [7, 11) is 0. The van der Waals surface area contributed by atoms with E-state index in [1.165, 1.54) is 5.56 Å². The van der Waals surface area contributed by atoms with Crippen LogP contribution in [0.25, 0.3) is 10.9 Å². The van der Waals surface area contributed by atoms with E-state index in [1.807, 2.05) is 24.3 Å². The topological polar surface area (TPSA) is 38.9 Å². The molecule has 0 aliphatic carbocycles. The van der Waals surface area contributed by atoms with Crippen LogP contribution < -0.4 is 5.73 Å². The molecular weight excluding hydrogens is 184 g/mol. The van der Waals surface area contributed by atoms with Gasteiger partial charge in [0.25, 0.3) is 0 Å². The first-order chi connectivity index (χ1) is 7.33. The van der Waals surface area contributed by atoms with Crippen LogP contribution in [0.5, 0.6) is 0 Å². The van der Waals surface area contributed by atoms with E-state index in [-0.39, 0.29) is 0 Å². The van der Waals surface area contributed by atoms with Crippen LogP contribution in [0.15, 0.2) is 43.1 Å². The molecule has 2 aromatic rings. The van der Waals surface area contributed by atoms with E-state index in [4.69, 9.17) is 5.73 Å². The summed E-state index contributed by atoms with van der Waals surface area (Å²) in [5.74, 6) is 0. The number of hydrogen-bond donors (Lipinski definition) is 1. The number of pyridine rings is 1. The molecule has 0 aliphatic rings. The van der Waals surface area contributed by atoms with Gasteiger partial charge in [0.15, 0.2) is 0 Å². The van der Waals surface area contributed by atoms with Crippen molar-refractivity contribution in [1.82, 2.24) is 4.98 Å². The predicted molar refractivity (Wildman–Crippen MR) is 64.7 cm³/mol. The van der Waals surface area contributed by atoms with Crippen molar-refractivity contribution in [2.24, 2.45) is 0 Å². The molecule has 15 heavy (non-hydrogen) atoms. The number of hydrogen-bond acceptors (Lipinski definition) is 2. The number of aromatic nitrogens is 1. The van der Waals surface area contributed by atoms with E-state index in [1.54, 1.807) is 6.20 Å². The molecule has 0 saturated heterocycles. The second kappa shape index (κ2) is 4.13. The van der Waals surface area contributed by atoms with Crippen LogP contribution in [-0.4, -0.2) is 4.98 Å². The van der Waals surface area contributed by atoms with Crippen LogP contribution in [-0.2, 0) is 6.42 Å². The summed E-state index contributed by atoms with van der Waals surface area (Å²) >= 11 is 0. The average molecular weight is 198 g/mol. The molecule has 0 atom stereocenters. The molecule has 2 nitrogen and oxygen atoms in total. The molecule has 2 rings (SSSR count). The van der Waals surface area contributed by atoms with Crippen molar-refractivity contribution in [3.8, 4) is 0 Å². The Labute approximate surface area is 89.4 Å². The highest BCUT2D eigenvalue weighted by atomic mass is 14.7. The standard InChI is InChI=1S/C13H14N2/c1-2-3-5-10-11-6-4-9-15-13(11)8-7-12(10)14/h2,4,6-9H,1,3,5,14H2. The number of rotatable bonds is 3. The molecule has 0 fully saturated rings. The van der Waals surface area contributed by atoms with E-state index < -0.39 is 0 Å². The fraction of sp³-hybridized carbons (Fsp3) is 0.154. The molecule has 0 bridgehead atoms. The van der Waals surface area contributed by atoms with Gasteiger partial charge in [0, 0.05) is 17.3 Å². The Kier molecular flexibility index (Phi) is 2.68. The number of nitrogen functional groups attached to an aromatic ring is 1. The minimum absolute atomic E-state index is 0.845. The number of nitrogens with two attached hydrogens (primary N) is 1. The smallest absolute Gasteiger partial charge is 0.0706 e. The van der Waals surface area contributed by atoms with Crippen molar-refractivity contribution < 1.29 is 0 Å². The zero-order valence-electron chi connectivity index (χ0n) is 8.61. The third-order valence-electron chi connectivity index (χ3n) is 2.53. The van der Waals surface area contributed by atoms with Crippen LogP contribution in [0.1, 0.15) is 12.0 Å². The fourth-order valence-electron chi connectivity index (χ4n) is 1.76. The largest absolute Gasteiger partial charge is 0.398 e. The lowest BCUT2D eigenvalue weighted by Crippen LogP contribution is -1.96. The van der Waals surface area contributed by atoms with Crippen LogP contribution in [0, 0.1) is 0 Å². The summed E-state index contributed by atoms with van der Waals surface area (Å²) < 4.78 is 0. The molecule has 76 valence electrons. The highest BCUT2D eigenvalue weighted by Gasteiger charge is 2.04. The molecule has 0 spiro atoms. The SMILES string of the molecule is C=CCCc1c(N)ccc2ncccc12. The number of allylic oxidation sites excluding steroid dienone is 1. The van der Waals surface area contributed by atoms with Crippen molar-refractivity contribution in [3.63, 3.8) is 0 Å². The molecule has 0 radical (unpaired) electrons. The number of benzene rings is 1. The van der Waals surface area contributed by atoms with Gasteiger partial charge in [-0.25, -0.2) is 0 Å². The minimum atomic E-state index is 0.845. The van der Waals surface area contributed by atoms with Gasteiger partial charge in [-0.2, -0.15) is 0 Å². The van der Waals surface area contributed by atoms with E-state index >= 15 is 0 Å². The van der Waals surface area contributed by atoms with Crippen LogP contribution in [0.4, 0.5) is 5.69 Å². The van der Waals surface area contributed by atoms with Gasteiger partial charge in [0.2, 0.25) is 0 Å². The van der Waals surface area contributed by atoms with Gasteiger partial charge < -0.3 is 5.73 Å². The fourth-order valence-corrected chi connectivity index (χ4v) is 1.76. The molecule has 2 N–H and O–H groups in total. The number of nitrogens with zero attached hydrogens (tertiary/aromatic N) is 1. The summed E-state index contributed by atoms with van der Waals surface area (Å²) in [4.78, 5) is 4.31. The first kappa shape index (κ1) is 9.71. The monoisotopic (exact) mass is 198 g/mol. The minimum Gasteiger partial charge on any atom is -0.398 e. The third-order valence-corrected chi connectivity index (χ3v) is 2.53. The average Bonchev–Trinajstić information content (AvgIpc) is 2.28. The van der Waals surface area contributed by atoms with Gasteiger partial charge in [-0.3, -0.25) is 4.98 Å². The molecule has 2 heteroatoms. The maximum atomic E-state index is 5.97.